The van der Waals surface area contributed by atoms with E-state index in [0.29, 0.717) is 23.6 Å². The summed E-state index contributed by atoms with van der Waals surface area (Å²) in [5.74, 6) is 0.633. The summed E-state index contributed by atoms with van der Waals surface area (Å²) in [7, 11) is -0.432. The van der Waals surface area contributed by atoms with Gasteiger partial charge in [0.25, 0.3) is 10.0 Å². The number of nitrogens with one attached hydrogen (secondary N) is 1. The minimum atomic E-state index is -3.68. The summed E-state index contributed by atoms with van der Waals surface area (Å²) >= 11 is 0. The zero-order valence-corrected chi connectivity index (χ0v) is 16.8. The highest BCUT2D eigenvalue weighted by atomic mass is 32.2. The van der Waals surface area contributed by atoms with Crippen molar-refractivity contribution in [2.45, 2.75) is 24.7 Å². The maximum atomic E-state index is 12.9. The Morgan fingerprint density at radius 1 is 1.15 bits per heavy atom. The van der Waals surface area contributed by atoms with E-state index in [-0.39, 0.29) is 4.90 Å². The molecule has 0 spiro atoms. The zero-order chi connectivity index (χ0) is 19.4. The molecule has 6 nitrogen and oxygen atoms in total. The van der Waals surface area contributed by atoms with Crippen LogP contribution < -0.4 is 14.4 Å². The maximum Gasteiger partial charge on any atom is 0.262 e. The molecule has 27 heavy (non-hydrogen) atoms. The van der Waals surface area contributed by atoms with Crippen LogP contribution in [0.4, 0.5) is 11.4 Å². The number of rotatable bonds is 7. The molecule has 1 aliphatic heterocycles. The highest BCUT2D eigenvalue weighted by Gasteiger charge is 2.21. The van der Waals surface area contributed by atoms with Crippen LogP contribution in [0.1, 0.15) is 17.5 Å². The van der Waals surface area contributed by atoms with Crippen molar-refractivity contribution < 1.29 is 17.9 Å². The second-order valence-electron chi connectivity index (χ2n) is 6.66. The van der Waals surface area contributed by atoms with Gasteiger partial charge in [0, 0.05) is 25.9 Å². The monoisotopic (exact) mass is 390 g/mol. The topological polar surface area (TPSA) is 67.9 Å². The number of fused-ring (bicyclic) bond motifs is 1. The first kappa shape index (κ1) is 19.5. The molecule has 3 rings (SSSR count). The molecule has 2 aromatic rings. The molecule has 1 aliphatic rings. The van der Waals surface area contributed by atoms with Gasteiger partial charge in [0.2, 0.25) is 0 Å². The highest BCUT2D eigenvalue weighted by molar-refractivity contribution is 7.92. The van der Waals surface area contributed by atoms with Crippen molar-refractivity contribution >= 4 is 21.4 Å². The van der Waals surface area contributed by atoms with E-state index in [9.17, 15) is 8.42 Å². The van der Waals surface area contributed by atoms with Crippen LogP contribution >= 0.6 is 0 Å². The largest absolute Gasteiger partial charge is 0.497 e. The number of sulfonamides is 1. The molecule has 0 radical (unpaired) electrons. The molecular weight excluding hydrogens is 364 g/mol. The third-order valence-electron chi connectivity index (χ3n) is 4.79. The Hall–Kier alpha value is -2.25. The van der Waals surface area contributed by atoms with Gasteiger partial charge in [-0.3, -0.25) is 4.72 Å². The number of anilines is 2. The molecule has 0 bridgehead atoms. The van der Waals surface area contributed by atoms with Crippen molar-refractivity contribution in [1.82, 2.24) is 0 Å². The Morgan fingerprint density at radius 3 is 2.67 bits per heavy atom. The number of aryl methyl sites for hydroxylation is 2. The molecule has 7 heteroatoms. The van der Waals surface area contributed by atoms with Gasteiger partial charge in [0.05, 0.1) is 24.3 Å². The normalized spacial score (nSPS) is 14.0. The molecule has 0 atom stereocenters. The van der Waals surface area contributed by atoms with E-state index in [0.717, 1.165) is 31.6 Å². The standard InChI is InChI=1S/C20H26N2O4S/c1-15-13-18(26-3)8-9-20(15)27(23,24)21-17-7-6-16-5-4-10-22(11-12-25-2)19(16)14-17/h6-9,13-14,21H,4-5,10-12H2,1-3H3. The van der Waals surface area contributed by atoms with Crippen LogP contribution in [-0.4, -0.2) is 42.3 Å². The molecule has 0 aromatic heterocycles. The lowest BCUT2D eigenvalue weighted by Gasteiger charge is -2.31. The van der Waals surface area contributed by atoms with Gasteiger partial charge in [-0.1, -0.05) is 6.07 Å². The van der Waals surface area contributed by atoms with Gasteiger partial charge in [0.1, 0.15) is 5.75 Å². The lowest BCUT2D eigenvalue weighted by Crippen LogP contribution is -2.32. The van der Waals surface area contributed by atoms with Crippen LogP contribution in [0.3, 0.4) is 0 Å². The SMILES string of the molecule is COCCN1CCCc2ccc(NS(=O)(=O)c3ccc(OC)cc3C)cc21. The summed E-state index contributed by atoms with van der Waals surface area (Å²) in [5, 5.41) is 0. The number of hydrogen-bond acceptors (Lipinski definition) is 5. The van der Waals surface area contributed by atoms with Crippen molar-refractivity contribution in [3.8, 4) is 5.75 Å². The first-order chi connectivity index (χ1) is 12.9. The van der Waals surface area contributed by atoms with Crippen molar-refractivity contribution in [2.24, 2.45) is 0 Å². The predicted molar refractivity (Wildman–Crippen MR) is 107 cm³/mol. The van der Waals surface area contributed by atoms with E-state index in [1.54, 1.807) is 39.3 Å². The summed E-state index contributed by atoms with van der Waals surface area (Å²) in [6.45, 7) is 4.14. The maximum absolute atomic E-state index is 12.9. The molecule has 1 N–H and O–H groups in total. The molecule has 0 saturated carbocycles. The van der Waals surface area contributed by atoms with Crippen LogP contribution in [0.15, 0.2) is 41.3 Å². The van der Waals surface area contributed by atoms with Gasteiger partial charge in [-0.05, 0) is 61.2 Å². The Kier molecular flexibility index (Phi) is 5.92. The van der Waals surface area contributed by atoms with E-state index in [1.807, 2.05) is 18.2 Å². The number of methoxy groups -OCH3 is 2. The first-order valence-electron chi connectivity index (χ1n) is 8.99. The average molecular weight is 391 g/mol. The molecular formula is C20H26N2O4S. The Bertz CT molecular complexity index is 912. The minimum Gasteiger partial charge on any atom is -0.497 e. The third kappa shape index (κ3) is 4.36. The Balaban J connectivity index is 1.87. The van der Waals surface area contributed by atoms with Crippen molar-refractivity contribution in [1.29, 1.82) is 0 Å². The van der Waals surface area contributed by atoms with Gasteiger partial charge >= 0.3 is 0 Å². The second-order valence-corrected chi connectivity index (χ2v) is 8.31. The fraction of sp³-hybridized carbons (Fsp3) is 0.400. The fourth-order valence-electron chi connectivity index (χ4n) is 3.41. The van der Waals surface area contributed by atoms with Gasteiger partial charge in [-0.25, -0.2) is 8.42 Å². The van der Waals surface area contributed by atoms with Crippen LogP contribution in [0.25, 0.3) is 0 Å². The van der Waals surface area contributed by atoms with Gasteiger partial charge in [0.15, 0.2) is 0 Å². The zero-order valence-electron chi connectivity index (χ0n) is 16.0. The van der Waals surface area contributed by atoms with E-state index in [4.69, 9.17) is 9.47 Å². The highest BCUT2D eigenvalue weighted by Crippen LogP contribution is 2.31. The van der Waals surface area contributed by atoms with E-state index in [1.165, 1.54) is 5.56 Å². The quantitative estimate of drug-likeness (QED) is 0.786. The Morgan fingerprint density at radius 2 is 1.96 bits per heavy atom. The summed E-state index contributed by atoms with van der Waals surface area (Å²) < 4.78 is 38.8. The number of benzene rings is 2. The summed E-state index contributed by atoms with van der Waals surface area (Å²) in [4.78, 5) is 2.50. The van der Waals surface area contributed by atoms with Gasteiger partial charge in [-0.15, -0.1) is 0 Å². The van der Waals surface area contributed by atoms with Crippen molar-refractivity contribution in [3.05, 3.63) is 47.5 Å². The van der Waals surface area contributed by atoms with Crippen LogP contribution in [0.5, 0.6) is 5.75 Å². The smallest absolute Gasteiger partial charge is 0.262 e. The first-order valence-corrected chi connectivity index (χ1v) is 10.5. The van der Waals surface area contributed by atoms with Crippen molar-refractivity contribution in [3.63, 3.8) is 0 Å². The fourth-order valence-corrected chi connectivity index (χ4v) is 4.69. The van der Waals surface area contributed by atoms with Gasteiger partial charge in [-0.2, -0.15) is 0 Å². The lowest BCUT2D eigenvalue weighted by atomic mass is 10.0. The lowest BCUT2D eigenvalue weighted by molar-refractivity contribution is 0.205. The molecule has 0 unspecified atom stereocenters. The van der Waals surface area contributed by atoms with E-state index in [2.05, 4.69) is 9.62 Å². The number of hydrogen-bond donors (Lipinski definition) is 1. The minimum absolute atomic E-state index is 0.247. The van der Waals surface area contributed by atoms with Gasteiger partial charge < -0.3 is 14.4 Å². The molecule has 2 aromatic carbocycles. The van der Waals surface area contributed by atoms with Crippen molar-refractivity contribution in [2.75, 3.05) is 43.5 Å². The summed E-state index contributed by atoms with van der Waals surface area (Å²) in [6, 6.07) is 10.7. The molecule has 146 valence electrons. The van der Waals surface area contributed by atoms with Crippen LogP contribution in [0, 0.1) is 6.92 Å². The summed E-state index contributed by atoms with van der Waals surface area (Å²) in [5.41, 5.74) is 3.51. The number of nitrogens with zero attached hydrogens (tertiary/aromatic N) is 1. The summed E-state index contributed by atoms with van der Waals surface area (Å²) in [6.07, 6.45) is 2.09. The molecule has 0 amide bonds. The third-order valence-corrected chi connectivity index (χ3v) is 6.33. The van der Waals surface area contributed by atoms with E-state index >= 15 is 0 Å². The Labute approximate surface area is 161 Å². The average Bonchev–Trinajstić information content (AvgIpc) is 2.65. The molecule has 1 heterocycles. The van der Waals surface area contributed by atoms with Crippen LogP contribution in [0.2, 0.25) is 0 Å². The second kappa shape index (κ2) is 8.19. The predicted octanol–water partition coefficient (Wildman–Crippen LogP) is 3.20. The number of ether oxygens (including phenoxy) is 2. The van der Waals surface area contributed by atoms with E-state index < -0.39 is 10.0 Å². The molecule has 0 aliphatic carbocycles. The molecule has 0 saturated heterocycles. The molecule has 0 fully saturated rings. The van der Waals surface area contributed by atoms with Crippen LogP contribution in [-0.2, 0) is 21.2 Å².